The summed E-state index contributed by atoms with van der Waals surface area (Å²) in [7, 11) is -2.11. The van der Waals surface area contributed by atoms with Gasteiger partial charge in [0.15, 0.2) is 5.03 Å². The van der Waals surface area contributed by atoms with E-state index in [2.05, 4.69) is 10.3 Å². The van der Waals surface area contributed by atoms with Gasteiger partial charge in [0, 0.05) is 51.3 Å². The second-order valence-corrected chi connectivity index (χ2v) is 10.1. The number of benzene rings is 1. The summed E-state index contributed by atoms with van der Waals surface area (Å²) in [6.07, 6.45) is 0.196. The molecule has 0 saturated carbocycles. The van der Waals surface area contributed by atoms with E-state index in [9.17, 15) is 21.6 Å². The zero-order valence-corrected chi connectivity index (χ0v) is 17.9. The summed E-state index contributed by atoms with van der Waals surface area (Å²) in [5.41, 5.74) is -0.426. The monoisotopic (exact) mass is 458 g/mol. The predicted octanol–water partition coefficient (Wildman–Crippen LogP) is 2.97. The van der Waals surface area contributed by atoms with Crippen molar-refractivity contribution in [3.05, 3.63) is 42.4 Å². The van der Waals surface area contributed by atoms with Crippen molar-refractivity contribution in [2.75, 3.05) is 31.6 Å². The highest BCUT2D eigenvalue weighted by Gasteiger charge is 2.44. The van der Waals surface area contributed by atoms with Gasteiger partial charge in [-0.05, 0) is 42.9 Å². The van der Waals surface area contributed by atoms with Crippen molar-refractivity contribution in [1.29, 1.82) is 0 Å². The van der Waals surface area contributed by atoms with Crippen LogP contribution < -0.4 is 5.32 Å². The zero-order valence-electron chi connectivity index (χ0n) is 17.0. The van der Waals surface area contributed by atoms with Crippen LogP contribution in [0.25, 0.3) is 0 Å². The number of aromatic nitrogens is 2. The van der Waals surface area contributed by atoms with E-state index in [1.54, 1.807) is 17.7 Å². The highest BCUT2D eigenvalue weighted by molar-refractivity contribution is 7.89. The summed E-state index contributed by atoms with van der Waals surface area (Å²) in [6, 6.07) is 4.66. The quantitative estimate of drug-likeness (QED) is 0.746. The molecule has 0 amide bonds. The van der Waals surface area contributed by atoms with Crippen molar-refractivity contribution >= 4 is 15.7 Å². The molecule has 7 nitrogen and oxygen atoms in total. The third-order valence-corrected chi connectivity index (χ3v) is 7.68. The highest BCUT2D eigenvalue weighted by Crippen LogP contribution is 2.36. The van der Waals surface area contributed by atoms with Gasteiger partial charge in [-0.1, -0.05) is 6.07 Å². The van der Waals surface area contributed by atoms with Crippen LogP contribution in [-0.2, 0) is 28.0 Å². The van der Waals surface area contributed by atoms with Gasteiger partial charge in [0.25, 0.3) is 10.0 Å². The third kappa shape index (κ3) is 4.73. The molecule has 1 aromatic carbocycles. The number of aryl methyl sites for hydroxylation is 1. The van der Waals surface area contributed by atoms with E-state index in [-0.39, 0.29) is 36.0 Å². The second kappa shape index (κ2) is 8.44. The summed E-state index contributed by atoms with van der Waals surface area (Å²) in [5, 5.41) is 3.14. The number of anilines is 1. The van der Waals surface area contributed by atoms with Crippen LogP contribution in [0.15, 0.2) is 41.8 Å². The maximum absolute atomic E-state index is 13.1. The zero-order chi connectivity index (χ0) is 22.2. The molecule has 2 aliphatic heterocycles. The SMILES string of the molecule is Cn1cnc(S(=O)(=O)N2C[C@@H](Nc3cccc(C(F)(F)F)c3)[C@H](C3CCCOC3)C2)c1. The molecule has 4 rings (SSSR count). The fourth-order valence-electron chi connectivity index (χ4n) is 4.38. The summed E-state index contributed by atoms with van der Waals surface area (Å²) in [4.78, 5) is 3.98. The Labute approximate surface area is 179 Å². The van der Waals surface area contributed by atoms with E-state index in [4.69, 9.17) is 4.74 Å². The van der Waals surface area contributed by atoms with Crippen LogP contribution in [0.1, 0.15) is 18.4 Å². The van der Waals surface area contributed by atoms with Crippen molar-refractivity contribution in [3.8, 4) is 0 Å². The number of nitrogens with one attached hydrogen (secondary N) is 1. The van der Waals surface area contributed by atoms with Crippen molar-refractivity contribution < 1.29 is 26.3 Å². The highest BCUT2D eigenvalue weighted by atomic mass is 32.2. The molecule has 2 aliphatic rings. The minimum atomic E-state index is -4.45. The maximum atomic E-state index is 13.1. The van der Waals surface area contributed by atoms with Crippen molar-refractivity contribution in [2.45, 2.75) is 30.1 Å². The van der Waals surface area contributed by atoms with E-state index >= 15 is 0 Å². The van der Waals surface area contributed by atoms with Gasteiger partial charge in [-0.15, -0.1) is 0 Å². The average Bonchev–Trinajstić information content (AvgIpc) is 3.36. The first-order valence-corrected chi connectivity index (χ1v) is 11.6. The molecule has 0 bridgehead atoms. The fourth-order valence-corrected chi connectivity index (χ4v) is 5.84. The summed E-state index contributed by atoms with van der Waals surface area (Å²) >= 11 is 0. The van der Waals surface area contributed by atoms with Gasteiger partial charge >= 0.3 is 6.18 Å². The molecular formula is C20H25F3N4O3S. The van der Waals surface area contributed by atoms with Crippen LogP contribution in [-0.4, -0.2) is 54.6 Å². The standard InChI is InChI=1S/C20H25F3N4O3S/c1-26-11-19(24-13-26)31(28,29)27-9-17(14-4-3-7-30-12-14)18(10-27)25-16-6-2-5-15(8-16)20(21,22)23/h2,5-6,8,11,13-14,17-18,25H,3-4,7,9-10,12H2,1H3/t14?,17-,18+/m0/s1. The predicted molar refractivity (Wildman–Crippen MR) is 108 cm³/mol. The molecule has 31 heavy (non-hydrogen) atoms. The van der Waals surface area contributed by atoms with Gasteiger partial charge in [0.1, 0.15) is 0 Å². The molecule has 2 aromatic rings. The largest absolute Gasteiger partial charge is 0.416 e. The molecule has 11 heteroatoms. The molecule has 3 heterocycles. The number of sulfonamides is 1. The van der Waals surface area contributed by atoms with Crippen LogP contribution in [0.2, 0.25) is 0 Å². The Kier molecular flexibility index (Phi) is 6.01. The lowest BCUT2D eigenvalue weighted by Gasteiger charge is -2.31. The number of hydrogen-bond acceptors (Lipinski definition) is 5. The molecule has 3 atom stereocenters. The van der Waals surface area contributed by atoms with Crippen molar-refractivity contribution in [3.63, 3.8) is 0 Å². The molecule has 2 saturated heterocycles. The Morgan fingerprint density at radius 1 is 1.26 bits per heavy atom. The second-order valence-electron chi connectivity index (χ2n) is 8.17. The Hall–Kier alpha value is -2.11. The van der Waals surface area contributed by atoms with E-state index in [0.717, 1.165) is 25.0 Å². The van der Waals surface area contributed by atoms with Crippen LogP contribution in [0, 0.1) is 11.8 Å². The van der Waals surface area contributed by atoms with E-state index in [1.165, 1.54) is 22.9 Å². The molecule has 1 N–H and O–H groups in total. The first kappa shape index (κ1) is 22.1. The van der Waals surface area contributed by atoms with Crippen LogP contribution in [0.5, 0.6) is 0 Å². The lowest BCUT2D eigenvalue weighted by atomic mass is 9.84. The van der Waals surface area contributed by atoms with E-state index in [1.807, 2.05) is 0 Å². The number of nitrogens with zero attached hydrogens (tertiary/aromatic N) is 3. The van der Waals surface area contributed by atoms with Gasteiger partial charge < -0.3 is 14.6 Å². The minimum Gasteiger partial charge on any atom is -0.381 e. The number of rotatable bonds is 5. The Morgan fingerprint density at radius 3 is 2.71 bits per heavy atom. The first-order valence-electron chi connectivity index (χ1n) is 10.1. The molecule has 2 fully saturated rings. The van der Waals surface area contributed by atoms with Crippen molar-refractivity contribution in [1.82, 2.24) is 13.9 Å². The molecule has 170 valence electrons. The van der Waals surface area contributed by atoms with E-state index in [0.29, 0.717) is 18.9 Å². The van der Waals surface area contributed by atoms with Crippen LogP contribution >= 0.6 is 0 Å². The molecule has 1 unspecified atom stereocenters. The Bertz CT molecular complexity index is 1020. The Morgan fingerprint density at radius 2 is 2.06 bits per heavy atom. The number of halogens is 3. The molecule has 1 aromatic heterocycles. The number of ether oxygens (including phenoxy) is 1. The fraction of sp³-hybridized carbons (Fsp3) is 0.550. The summed E-state index contributed by atoms with van der Waals surface area (Å²) in [6.45, 7) is 1.60. The smallest absolute Gasteiger partial charge is 0.381 e. The average molecular weight is 459 g/mol. The van der Waals surface area contributed by atoms with Crippen LogP contribution in [0.3, 0.4) is 0 Å². The summed E-state index contributed by atoms with van der Waals surface area (Å²) in [5.74, 6) is 0.0364. The molecule has 0 aliphatic carbocycles. The lowest BCUT2D eigenvalue weighted by Crippen LogP contribution is -2.36. The first-order chi connectivity index (χ1) is 14.6. The lowest BCUT2D eigenvalue weighted by molar-refractivity contribution is -0.137. The maximum Gasteiger partial charge on any atom is 0.416 e. The van der Waals surface area contributed by atoms with Crippen LogP contribution in [0.4, 0.5) is 18.9 Å². The minimum absolute atomic E-state index is 0.0339. The molecular weight excluding hydrogens is 433 g/mol. The Balaban J connectivity index is 1.59. The van der Waals surface area contributed by atoms with Gasteiger partial charge in [-0.25, -0.2) is 13.4 Å². The van der Waals surface area contributed by atoms with Gasteiger partial charge in [-0.3, -0.25) is 0 Å². The van der Waals surface area contributed by atoms with Crippen molar-refractivity contribution in [2.24, 2.45) is 18.9 Å². The van der Waals surface area contributed by atoms with E-state index < -0.39 is 21.8 Å². The number of alkyl halides is 3. The number of hydrogen-bond donors (Lipinski definition) is 1. The topological polar surface area (TPSA) is 76.5 Å². The third-order valence-electron chi connectivity index (χ3n) is 5.96. The van der Waals surface area contributed by atoms with Gasteiger partial charge in [0.2, 0.25) is 0 Å². The summed E-state index contributed by atoms with van der Waals surface area (Å²) < 4.78 is 74.1. The normalized spacial score (nSPS) is 25.6. The van der Waals surface area contributed by atoms with Gasteiger partial charge in [0.05, 0.1) is 11.9 Å². The molecule has 0 spiro atoms. The van der Waals surface area contributed by atoms with Gasteiger partial charge in [-0.2, -0.15) is 17.5 Å². The number of imidazole rings is 1. The molecule has 0 radical (unpaired) electrons.